The second-order valence-corrected chi connectivity index (χ2v) is 4.83. The lowest BCUT2D eigenvalue weighted by atomic mass is 10.2. The Morgan fingerprint density at radius 3 is 2.89 bits per heavy atom. The summed E-state index contributed by atoms with van der Waals surface area (Å²) in [6.45, 7) is 2.15. The zero-order chi connectivity index (χ0) is 13.7. The topological polar surface area (TPSA) is 55.6 Å². The molecular formula is C14H17ClN2O2. The largest absolute Gasteiger partial charge is 0.373 e. The van der Waals surface area contributed by atoms with E-state index in [1.165, 1.54) is 0 Å². The summed E-state index contributed by atoms with van der Waals surface area (Å²) in [5.41, 5.74) is 6.50. The minimum Gasteiger partial charge on any atom is -0.373 e. The van der Waals surface area contributed by atoms with E-state index < -0.39 is 0 Å². The van der Waals surface area contributed by atoms with Crippen LogP contribution in [0, 0.1) is 0 Å². The summed E-state index contributed by atoms with van der Waals surface area (Å²) in [7, 11) is 0. The van der Waals surface area contributed by atoms with Crippen LogP contribution in [0.2, 0.25) is 5.02 Å². The number of nitrogens with zero attached hydrogens (tertiary/aromatic N) is 1. The smallest absolute Gasteiger partial charge is 0.246 e. The quantitative estimate of drug-likeness (QED) is 0.855. The molecule has 0 aliphatic carbocycles. The molecule has 0 spiro atoms. The highest BCUT2D eigenvalue weighted by Gasteiger charge is 2.21. The SMILES string of the molecule is NCC1CN(C(=O)/C=C/c2ccc(Cl)cc2)CCO1. The van der Waals surface area contributed by atoms with Crippen molar-refractivity contribution in [2.75, 3.05) is 26.2 Å². The zero-order valence-corrected chi connectivity index (χ0v) is 11.3. The number of carbonyl (C=O) groups is 1. The molecule has 0 radical (unpaired) electrons. The molecule has 4 nitrogen and oxygen atoms in total. The van der Waals surface area contributed by atoms with Gasteiger partial charge < -0.3 is 15.4 Å². The summed E-state index contributed by atoms with van der Waals surface area (Å²) in [5, 5.41) is 0.683. The Hall–Kier alpha value is -1.36. The van der Waals surface area contributed by atoms with E-state index in [2.05, 4.69) is 0 Å². The van der Waals surface area contributed by atoms with E-state index in [1.807, 2.05) is 12.1 Å². The van der Waals surface area contributed by atoms with Gasteiger partial charge in [0.1, 0.15) is 0 Å². The summed E-state index contributed by atoms with van der Waals surface area (Å²) >= 11 is 5.80. The predicted octanol–water partition coefficient (Wildman–Crippen LogP) is 1.54. The lowest BCUT2D eigenvalue weighted by molar-refractivity contribution is -0.133. The van der Waals surface area contributed by atoms with Crippen LogP contribution < -0.4 is 5.73 Å². The van der Waals surface area contributed by atoms with Gasteiger partial charge in [0.05, 0.1) is 12.7 Å². The van der Waals surface area contributed by atoms with Gasteiger partial charge in [0.2, 0.25) is 5.91 Å². The first kappa shape index (κ1) is 14.1. The molecule has 1 aromatic rings. The molecule has 5 heteroatoms. The summed E-state index contributed by atoms with van der Waals surface area (Å²) in [5.74, 6) is -0.0169. The minimum atomic E-state index is -0.0540. The van der Waals surface area contributed by atoms with E-state index in [0.29, 0.717) is 31.3 Å². The van der Waals surface area contributed by atoms with Crippen molar-refractivity contribution < 1.29 is 9.53 Å². The van der Waals surface area contributed by atoms with Crippen LogP contribution in [0.5, 0.6) is 0 Å². The van der Waals surface area contributed by atoms with E-state index in [1.54, 1.807) is 29.2 Å². The number of ether oxygens (including phenoxy) is 1. The lowest BCUT2D eigenvalue weighted by Crippen LogP contribution is -2.47. The van der Waals surface area contributed by atoms with Crippen molar-refractivity contribution in [3.63, 3.8) is 0 Å². The van der Waals surface area contributed by atoms with Crippen LogP contribution in [0.25, 0.3) is 6.08 Å². The first-order chi connectivity index (χ1) is 9.19. The monoisotopic (exact) mass is 280 g/mol. The highest BCUT2D eigenvalue weighted by molar-refractivity contribution is 6.30. The van der Waals surface area contributed by atoms with Crippen LogP contribution in [0.15, 0.2) is 30.3 Å². The molecular weight excluding hydrogens is 264 g/mol. The first-order valence-corrected chi connectivity index (χ1v) is 6.61. The van der Waals surface area contributed by atoms with Gasteiger partial charge in [-0.25, -0.2) is 0 Å². The van der Waals surface area contributed by atoms with Gasteiger partial charge in [-0.2, -0.15) is 0 Å². The number of morpholine rings is 1. The molecule has 1 aliphatic rings. The molecule has 2 N–H and O–H groups in total. The third-order valence-electron chi connectivity index (χ3n) is 3.00. The molecule has 1 aliphatic heterocycles. The highest BCUT2D eigenvalue weighted by atomic mass is 35.5. The molecule has 1 fully saturated rings. The van der Waals surface area contributed by atoms with E-state index in [9.17, 15) is 4.79 Å². The average molecular weight is 281 g/mol. The third-order valence-corrected chi connectivity index (χ3v) is 3.25. The predicted molar refractivity (Wildman–Crippen MR) is 75.9 cm³/mol. The second kappa shape index (κ2) is 6.70. The third kappa shape index (κ3) is 4.06. The Labute approximate surface area is 117 Å². The van der Waals surface area contributed by atoms with Gasteiger partial charge in [-0.1, -0.05) is 23.7 Å². The van der Waals surface area contributed by atoms with Crippen LogP contribution in [0.1, 0.15) is 5.56 Å². The van der Waals surface area contributed by atoms with Gasteiger partial charge in [0.25, 0.3) is 0 Å². The molecule has 1 saturated heterocycles. The van der Waals surface area contributed by atoms with Gasteiger partial charge >= 0.3 is 0 Å². The fraction of sp³-hybridized carbons (Fsp3) is 0.357. The normalized spacial score (nSPS) is 19.9. The number of hydrogen-bond donors (Lipinski definition) is 1. The van der Waals surface area contributed by atoms with Gasteiger partial charge in [-0.15, -0.1) is 0 Å². The maximum Gasteiger partial charge on any atom is 0.246 e. The molecule has 0 bridgehead atoms. The molecule has 2 rings (SSSR count). The average Bonchev–Trinajstić information content (AvgIpc) is 2.46. The molecule has 1 amide bonds. The van der Waals surface area contributed by atoms with Crippen molar-refractivity contribution in [3.05, 3.63) is 40.9 Å². The first-order valence-electron chi connectivity index (χ1n) is 6.23. The fourth-order valence-corrected chi connectivity index (χ4v) is 2.03. The summed E-state index contributed by atoms with van der Waals surface area (Å²) in [6, 6.07) is 7.33. The van der Waals surface area contributed by atoms with Crippen LogP contribution >= 0.6 is 11.6 Å². The van der Waals surface area contributed by atoms with Crippen molar-refractivity contribution in [1.29, 1.82) is 0 Å². The molecule has 0 saturated carbocycles. The van der Waals surface area contributed by atoms with Crippen LogP contribution in [-0.2, 0) is 9.53 Å². The van der Waals surface area contributed by atoms with Gasteiger partial charge in [0, 0.05) is 30.7 Å². The fourth-order valence-electron chi connectivity index (χ4n) is 1.91. The van der Waals surface area contributed by atoms with Crippen molar-refractivity contribution in [2.24, 2.45) is 5.73 Å². The van der Waals surface area contributed by atoms with Crippen molar-refractivity contribution in [1.82, 2.24) is 4.90 Å². The van der Waals surface area contributed by atoms with Crippen LogP contribution in [-0.4, -0.2) is 43.2 Å². The number of amides is 1. The Morgan fingerprint density at radius 2 is 2.21 bits per heavy atom. The van der Waals surface area contributed by atoms with Gasteiger partial charge in [-0.05, 0) is 23.8 Å². The summed E-state index contributed by atoms with van der Waals surface area (Å²) in [6.07, 6.45) is 3.30. The van der Waals surface area contributed by atoms with E-state index >= 15 is 0 Å². The molecule has 1 aromatic carbocycles. The maximum absolute atomic E-state index is 12.0. The van der Waals surface area contributed by atoms with E-state index in [4.69, 9.17) is 22.1 Å². The minimum absolute atomic E-state index is 0.0169. The Bertz CT molecular complexity index is 459. The molecule has 0 aromatic heterocycles. The highest BCUT2D eigenvalue weighted by Crippen LogP contribution is 2.11. The van der Waals surface area contributed by atoms with E-state index in [0.717, 1.165) is 5.56 Å². The lowest BCUT2D eigenvalue weighted by Gasteiger charge is -2.31. The van der Waals surface area contributed by atoms with Crippen molar-refractivity contribution in [2.45, 2.75) is 6.10 Å². The van der Waals surface area contributed by atoms with Crippen molar-refractivity contribution in [3.8, 4) is 0 Å². The Balaban J connectivity index is 1.94. The van der Waals surface area contributed by atoms with Gasteiger partial charge in [-0.3, -0.25) is 4.79 Å². The van der Waals surface area contributed by atoms with Crippen LogP contribution in [0.4, 0.5) is 0 Å². The molecule has 1 heterocycles. The summed E-state index contributed by atoms with van der Waals surface area (Å²) < 4.78 is 5.43. The maximum atomic E-state index is 12.0. The standard InChI is InChI=1S/C14H17ClN2O2/c15-12-4-1-11(2-5-12)3-6-14(18)17-7-8-19-13(9-16)10-17/h1-6,13H,7-10,16H2/b6-3+. The second-order valence-electron chi connectivity index (χ2n) is 4.40. The Kier molecular flexibility index (Phi) is 4.96. The molecule has 1 atom stereocenters. The summed E-state index contributed by atoms with van der Waals surface area (Å²) in [4.78, 5) is 13.8. The van der Waals surface area contributed by atoms with E-state index in [-0.39, 0.29) is 12.0 Å². The molecule has 102 valence electrons. The number of carbonyl (C=O) groups excluding carboxylic acids is 1. The number of halogens is 1. The number of hydrogen-bond acceptors (Lipinski definition) is 3. The van der Waals surface area contributed by atoms with Gasteiger partial charge in [0.15, 0.2) is 0 Å². The number of rotatable bonds is 3. The number of nitrogens with two attached hydrogens (primary N) is 1. The van der Waals surface area contributed by atoms with Crippen molar-refractivity contribution >= 4 is 23.6 Å². The van der Waals surface area contributed by atoms with Crippen LogP contribution in [0.3, 0.4) is 0 Å². The zero-order valence-electron chi connectivity index (χ0n) is 10.6. The molecule has 1 unspecified atom stereocenters. The number of benzene rings is 1. The Morgan fingerprint density at radius 1 is 1.47 bits per heavy atom. The molecule has 19 heavy (non-hydrogen) atoms.